The van der Waals surface area contributed by atoms with Crippen LogP contribution in [0.4, 0.5) is 5.69 Å². The van der Waals surface area contributed by atoms with E-state index in [-0.39, 0.29) is 12.1 Å². The Bertz CT molecular complexity index is 817. The van der Waals surface area contributed by atoms with Gasteiger partial charge in [0.2, 0.25) is 0 Å². The standard InChI is InChI=1S/C19H21N3O4/c1-26-19(25)10-5-6-11(9-10)20-17(23)18(24)22-14-4-2-3-12-13-7-8-15(21-13)16(12)14/h2-5,11,13,15,21H,6-9H2,1H3,(H,20,23)(H,22,24). The minimum atomic E-state index is -0.691. The van der Waals surface area contributed by atoms with Crippen LogP contribution in [0, 0.1) is 0 Å². The number of carbonyl (C=O) groups is 3. The van der Waals surface area contributed by atoms with Gasteiger partial charge in [-0.1, -0.05) is 18.2 Å². The molecule has 7 nitrogen and oxygen atoms in total. The van der Waals surface area contributed by atoms with Crippen LogP contribution in [-0.2, 0) is 19.1 Å². The van der Waals surface area contributed by atoms with Crippen LogP contribution < -0.4 is 16.0 Å². The van der Waals surface area contributed by atoms with Crippen molar-refractivity contribution < 1.29 is 19.1 Å². The van der Waals surface area contributed by atoms with E-state index in [1.165, 1.54) is 12.7 Å². The SMILES string of the molecule is COC(=O)C1=CCC(NC(=O)C(=O)Nc2cccc3c2C2CCC3N2)C1. The summed E-state index contributed by atoms with van der Waals surface area (Å²) in [6.07, 6.45) is 4.77. The highest BCUT2D eigenvalue weighted by atomic mass is 16.5. The fraction of sp³-hybridized carbons (Fsp3) is 0.421. The molecule has 2 bridgehead atoms. The van der Waals surface area contributed by atoms with Gasteiger partial charge < -0.3 is 20.7 Å². The van der Waals surface area contributed by atoms with Crippen molar-refractivity contribution in [1.29, 1.82) is 0 Å². The average Bonchev–Trinajstić information content (AvgIpc) is 3.37. The fourth-order valence-corrected chi connectivity index (χ4v) is 4.16. The van der Waals surface area contributed by atoms with E-state index >= 15 is 0 Å². The summed E-state index contributed by atoms with van der Waals surface area (Å²) in [5.41, 5.74) is 3.53. The van der Waals surface area contributed by atoms with Gasteiger partial charge >= 0.3 is 17.8 Å². The second kappa shape index (κ2) is 6.57. The van der Waals surface area contributed by atoms with Crippen LogP contribution in [0.25, 0.3) is 0 Å². The lowest BCUT2D eigenvalue weighted by Crippen LogP contribution is -2.41. The minimum Gasteiger partial charge on any atom is -0.466 e. The third-order valence-electron chi connectivity index (χ3n) is 5.36. The molecule has 0 radical (unpaired) electrons. The molecule has 7 heteroatoms. The number of amides is 2. The van der Waals surface area contributed by atoms with E-state index in [1.807, 2.05) is 12.1 Å². The Balaban J connectivity index is 1.38. The number of methoxy groups -OCH3 is 1. The zero-order valence-electron chi connectivity index (χ0n) is 14.5. The highest BCUT2D eigenvalue weighted by Gasteiger charge is 2.38. The van der Waals surface area contributed by atoms with Crippen molar-refractivity contribution in [2.45, 2.75) is 43.8 Å². The number of hydrogen-bond acceptors (Lipinski definition) is 5. The molecular formula is C19H21N3O4. The summed E-state index contributed by atoms with van der Waals surface area (Å²) in [6.45, 7) is 0. The Morgan fingerprint density at radius 3 is 2.77 bits per heavy atom. The van der Waals surface area contributed by atoms with Gasteiger partial charge in [-0.05, 0) is 42.9 Å². The lowest BCUT2D eigenvalue weighted by molar-refractivity contribution is -0.137. The molecule has 3 N–H and O–H groups in total. The third kappa shape index (κ3) is 2.88. The number of ether oxygens (including phenoxy) is 1. The van der Waals surface area contributed by atoms with Crippen LogP contribution in [0.3, 0.4) is 0 Å². The second-order valence-corrected chi connectivity index (χ2v) is 6.94. The van der Waals surface area contributed by atoms with Crippen molar-refractivity contribution >= 4 is 23.5 Å². The summed E-state index contributed by atoms with van der Waals surface area (Å²) in [6, 6.07) is 6.14. The Morgan fingerprint density at radius 1 is 1.15 bits per heavy atom. The number of anilines is 1. The second-order valence-electron chi connectivity index (χ2n) is 6.94. The first-order chi connectivity index (χ1) is 12.6. The van der Waals surface area contributed by atoms with E-state index in [0.717, 1.165) is 18.4 Å². The van der Waals surface area contributed by atoms with Crippen LogP contribution in [0.2, 0.25) is 0 Å². The summed E-state index contributed by atoms with van der Waals surface area (Å²) >= 11 is 0. The molecule has 1 aliphatic carbocycles. The molecule has 3 unspecified atom stereocenters. The molecule has 0 spiro atoms. The lowest BCUT2D eigenvalue weighted by Gasteiger charge is -2.18. The van der Waals surface area contributed by atoms with E-state index < -0.39 is 17.8 Å². The number of benzene rings is 1. The van der Waals surface area contributed by atoms with E-state index in [9.17, 15) is 14.4 Å². The van der Waals surface area contributed by atoms with Gasteiger partial charge in [0.15, 0.2) is 0 Å². The Kier molecular flexibility index (Phi) is 4.24. The molecule has 3 aliphatic rings. The summed E-state index contributed by atoms with van der Waals surface area (Å²) < 4.78 is 4.68. The molecule has 26 heavy (non-hydrogen) atoms. The fourth-order valence-electron chi connectivity index (χ4n) is 4.16. The van der Waals surface area contributed by atoms with Crippen LogP contribution in [-0.4, -0.2) is 30.9 Å². The van der Waals surface area contributed by atoms with Crippen molar-refractivity contribution in [3.05, 3.63) is 41.0 Å². The molecule has 2 amide bonds. The van der Waals surface area contributed by atoms with Crippen LogP contribution >= 0.6 is 0 Å². The molecule has 2 heterocycles. The van der Waals surface area contributed by atoms with E-state index in [0.29, 0.717) is 30.1 Å². The smallest absolute Gasteiger partial charge is 0.333 e. The summed E-state index contributed by atoms with van der Waals surface area (Å²) in [5.74, 6) is -1.77. The highest BCUT2D eigenvalue weighted by Crippen LogP contribution is 2.47. The number of rotatable bonds is 3. The van der Waals surface area contributed by atoms with Gasteiger partial charge in [0.1, 0.15) is 0 Å². The molecule has 2 aliphatic heterocycles. The maximum Gasteiger partial charge on any atom is 0.333 e. The third-order valence-corrected chi connectivity index (χ3v) is 5.36. The van der Waals surface area contributed by atoms with Crippen LogP contribution in [0.1, 0.15) is 48.9 Å². The van der Waals surface area contributed by atoms with E-state index in [1.54, 1.807) is 6.08 Å². The summed E-state index contributed by atoms with van der Waals surface area (Å²) in [4.78, 5) is 36.1. The number of nitrogens with one attached hydrogen (secondary N) is 3. The Hall–Kier alpha value is -2.67. The van der Waals surface area contributed by atoms with Crippen molar-refractivity contribution in [2.75, 3.05) is 12.4 Å². The van der Waals surface area contributed by atoms with Crippen molar-refractivity contribution in [3.63, 3.8) is 0 Å². The molecule has 1 aromatic carbocycles. The molecule has 3 atom stereocenters. The molecule has 0 aromatic heterocycles. The number of hydrogen-bond donors (Lipinski definition) is 3. The van der Waals surface area contributed by atoms with Crippen molar-refractivity contribution in [2.24, 2.45) is 0 Å². The highest BCUT2D eigenvalue weighted by molar-refractivity contribution is 6.39. The minimum absolute atomic E-state index is 0.246. The van der Waals surface area contributed by atoms with Gasteiger partial charge in [-0.2, -0.15) is 0 Å². The first-order valence-electron chi connectivity index (χ1n) is 8.85. The normalized spacial score (nSPS) is 25.4. The largest absolute Gasteiger partial charge is 0.466 e. The van der Waals surface area contributed by atoms with Crippen LogP contribution in [0.5, 0.6) is 0 Å². The van der Waals surface area contributed by atoms with Gasteiger partial charge in [0, 0.05) is 29.4 Å². The first-order valence-corrected chi connectivity index (χ1v) is 8.85. The molecule has 1 fully saturated rings. The molecule has 4 rings (SSSR count). The van der Waals surface area contributed by atoms with E-state index in [2.05, 4.69) is 26.8 Å². The quantitative estimate of drug-likeness (QED) is 0.564. The monoisotopic (exact) mass is 355 g/mol. The van der Waals surface area contributed by atoms with Gasteiger partial charge in [-0.25, -0.2) is 4.79 Å². The molecule has 0 saturated carbocycles. The summed E-state index contributed by atoms with van der Waals surface area (Å²) in [5, 5.41) is 8.94. The van der Waals surface area contributed by atoms with Crippen LogP contribution in [0.15, 0.2) is 29.8 Å². The maximum absolute atomic E-state index is 12.3. The van der Waals surface area contributed by atoms with Gasteiger partial charge in [-0.3, -0.25) is 9.59 Å². The average molecular weight is 355 g/mol. The van der Waals surface area contributed by atoms with E-state index in [4.69, 9.17) is 0 Å². The zero-order valence-corrected chi connectivity index (χ0v) is 14.5. The predicted octanol–water partition coefficient (Wildman–Crippen LogP) is 1.48. The molecule has 1 saturated heterocycles. The topological polar surface area (TPSA) is 96.5 Å². The van der Waals surface area contributed by atoms with Crippen molar-refractivity contribution in [1.82, 2.24) is 10.6 Å². The van der Waals surface area contributed by atoms with Crippen molar-refractivity contribution in [3.8, 4) is 0 Å². The Labute approximate surface area is 151 Å². The van der Waals surface area contributed by atoms with Gasteiger partial charge in [0.05, 0.1) is 7.11 Å². The zero-order chi connectivity index (χ0) is 18.3. The molecule has 136 valence electrons. The number of esters is 1. The van der Waals surface area contributed by atoms with Gasteiger partial charge in [-0.15, -0.1) is 0 Å². The first kappa shape index (κ1) is 16.8. The number of fused-ring (bicyclic) bond motifs is 5. The van der Waals surface area contributed by atoms with Gasteiger partial charge in [0.25, 0.3) is 0 Å². The molecule has 1 aromatic rings. The predicted molar refractivity (Wildman–Crippen MR) is 94.2 cm³/mol. The molecular weight excluding hydrogens is 334 g/mol. The maximum atomic E-state index is 12.3. The summed E-state index contributed by atoms with van der Waals surface area (Å²) in [7, 11) is 1.32. The number of carbonyl (C=O) groups excluding carboxylic acids is 3. The lowest BCUT2D eigenvalue weighted by atomic mass is 9.90. The Morgan fingerprint density at radius 2 is 1.96 bits per heavy atom.